The number of aliphatic hydroxyl groups excluding tert-OH is 1. The van der Waals surface area contributed by atoms with Gasteiger partial charge in [0.15, 0.2) is 0 Å². The zero-order valence-electron chi connectivity index (χ0n) is 25.6. The maximum absolute atomic E-state index is 10.4. The van der Waals surface area contributed by atoms with Crippen LogP contribution in [0.5, 0.6) is 0 Å². The molecular formula is C39H46O3. The van der Waals surface area contributed by atoms with E-state index in [-0.39, 0.29) is 19.1 Å². The van der Waals surface area contributed by atoms with Crippen LogP contribution in [0.15, 0.2) is 84.9 Å². The minimum atomic E-state index is -0.0693. The highest BCUT2D eigenvalue weighted by molar-refractivity contribution is 5.74. The number of carbonyl (C=O) groups excluding carboxylic acids is 1. The Balaban J connectivity index is 1.36. The molecule has 0 bridgehead atoms. The fraction of sp³-hybridized carbons (Fsp3) is 0.359. The summed E-state index contributed by atoms with van der Waals surface area (Å²) in [6.07, 6.45) is 8.75. The molecule has 3 nitrogen and oxygen atoms in total. The van der Waals surface area contributed by atoms with Gasteiger partial charge >= 0.3 is 0 Å². The number of hydrogen-bond donors (Lipinski definition) is 1. The lowest BCUT2D eigenvalue weighted by atomic mass is 9.91. The monoisotopic (exact) mass is 562 g/mol. The van der Waals surface area contributed by atoms with E-state index in [0.29, 0.717) is 12.9 Å². The number of aliphatic hydroxyl groups is 1. The predicted molar refractivity (Wildman–Crippen MR) is 175 cm³/mol. The molecule has 0 aliphatic carbocycles. The van der Waals surface area contributed by atoms with Gasteiger partial charge in [-0.2, -0.15) is 0 Å². The molecule has 0 saturated heterocycles. The quantitative estimate of drug-likeness (QED) is 0.110. The number of unbranched alkanes of at least 4 members (excludes halogenated alkanes) is 2. The van der Waals surface area contributed by atoms with Crippen molar-refractivity contribution in [3.05, 3.63) is 118 Å². The average Bonchev–Trinajstić information content (AvgIpc) is 3.03. The minimum Gasteiger partial charge on any atom is -0.468 e. The molecule has 0 aliphatic heterocycles. The van der Waals surface area contributed by atoms with E-state index in [4.69, 9.17) is 4.74 Å². The van der Waals surface area contributed by atoms with Gasteiger partial charge in [-0.05, 0) is 101 Å². The van der Waals surface area contributed by atoms with Crippen LogP contribution in [0.3, 0.4) is 0 Å². The molecule has 0 heterocycles. The van der Waals surface area contributed by atoms with Crippen LogP contribution < -0.4 is 0 Å². The number of hydrogen-bond acceptors (Lipinski definition) is 3. The van der Waals surface area contributed by atoms with Gasteiger partial charge in [0, 0.05) is 12.5 Å². The van der Waals surface area contributed by atoms with Crippen LogP contribution in [-0.4, -0.2) is 24.8 Å². The van der Waals surface area contributed by atoms with Crippen LogP contribution in [0.25, 0.3) is 22.3 Å². The maximum Gasteiger partial charge on any atom is 0.293 e. The molecule has 0 aliphatic rings. The summed E-state index contributed by atoms with van der Waals surface area (Å²) < 4.78 is 4.82. The third-order valence-corrected chi connectivity index (χ3v) is 8.37. The number of ether oxygens (including phenoxy) is 1. The minimum absolute atomic E-state index is 0.00212. The molecule has 4 aromatic rings. The first-order chi connectivity index (χ1) is 20.5. The highest BCUT2D eigenvalue weighted by atomic mass is 16.5. The molecule has 3 heteroatoms. The van der Waals surface area contributed by atoms with Crippen LogP contribution in [0.2, 0.25) is 0 Å². The summed E-state index contributed by atoms with van der Waals surface area (Å²) in [5.41, 5.74) is 13.2. The SMILES string of the molecule is CCCCCc1ccc(-c2ccc(-c3ccc(CCc4ccc(CC(CO)COC=O)cc4)cc3)cc2C)cc1CC. The van der Waals surface area contributed by atoms with Crippen LogP contribution >= 0.6 is 0 Å². The molecule has 1 atom stereocenters. The first-order valence-corrected chi connectivity index (χ1v) is 15.6. The van der Waals surface area contributed by atoms with Crippen molar-refractivity contribution < 1.29 is 14.6 Å². The zero-order valence-corrected chi connectivity index (χ0v) is 25.6. The Bertz CT molecular complexity index is 1400. The molecular weight excluding hydrogens is 516 g/mol. The van der Waals surface area contributed by atoms with Crippen LogP contribution in [0, 0.1) is 12.8 Å². The summed E-state index contributed by atoms with van der Waals surface area (Å²) in [5, 5.41) is 9.50. The highest BCUT2D eigenvalue weighted by Gasteiger charge is 2.10. The number of carbonyl (C=O) groups is 1. The molecule has 0 radical (unpaired) electrons. The number of rotatable bonds is 16. The predicted octanol–water partition coefficient (Wildman–Crippen LogP) is 8.73. The van der Waals surface area contributed by atoms with Crippen LogP contribution in [-0.2, 0) is 41.6 Å². The standard InChI is InChI=1S/C39H46O3/c1-4-6-7-8-35-19-20-38(25-34(35)5-2)39-22-21-37(23-29(39)3)36-17-15-31(16-18-36)10-9-30-11-13-32(14-12-30)24-33(26-40)27-42-28-41/h11-23,25,28,33,40H,4-10,24,26-27H2,1-3H3. The van der Waals surface area contributed by atoms with Crippen molar-refractivity contribution in [3.8, 4) is 22.3 Å². The largest absolute Gasteiger partial charge is 0.468 e. The van der Waals surface area contributed by atoms with Gasteiger partial charge < -0.3 is 9.84 Å². The van der Waals surface area contributed by atoms with E-state index in [1.165, 1.54) is 75.8 Å². The molecule has 42 heavy (non-hydrogen) atoms. The van der Waals surface area contributed by atoms with E-state index in [2.05, 4.69) is 106 Å². The Morgan fingerprint density at radius 3 is 1.98 bits per heavy atom. The maximum atomic E-state index is 10.4. The van der Waals surface area contributed by atoms with Crippen LogP contribution in [0.4, 0.5) is 0 Å². The van der Waals surface area contributed by atoms with Gasteiger partial charge in [0.25, 0.3) is 6.47 Å². The Morgan fingerprint density at radius 1 is 0.714 bits per heavy atom. The van der Waals surface area contributed by atoms with Crippen molar-refractivity contribution in [3.63, 3.8) is 0 Å². The summed E-state index contributed by atoms with van der Waals surface area (Å²) in [5.74, 6) is -0.0693. The third-order valence-electron chi connectivity index (χ3n) is 8.37. The molecule has 1 unspecified atom stereocenters. The topological polar surface area (TPSA) is 46.5 Å². The van der Waals surface area contributed by atoms with Gasteiger partial charge in [-0.15, -0.1) is 0 Å². The average molecular weight is 563 g/mol. The molecule has 0 spiro atoms. The van der Waals surface area contributed by atoms with Crippen molar-refractivity contribution in [1.82, 2.24) is 0 Å². The summed E-state index contributed by atoms with van der Waals surface area (Å²) >= 11 is 0. The van der Waals surface area contributed by atoms with Gasteiger partial charge in [-0.3, -0.25) is 4.79 Å². The van der Waals surface area contributed by atoms with Crippen molar-refractivity contribution >= 4 is 6.47 Å². The normalized spacial score (nSPS) is 11.8. The van der Waals surface area contributed by atoms with Crippen molar-refractivity contribution in [2.24, 2.45) is 5.92 Å². The van der Waals surface area contributed by atoms with E-state index >= 15 is 0 Å². The fourth-order valence-electron chi connectivity index (χ4n) is 5.78. The number of aryl methyl sites for hydroxylation is 5. The van der Waals surface area contributed by atoms with Gasteiger partial charge in [0.05, 0.1) is 6.61 Å². The van der Waals surface area contributed by atoms with E-state index in [0.717, 1.165) is 24.8 Å². The van der Waals surface area contributed by atoms with Crippen molar-refractivity contribution in [1.29, 1.82) is 0 Å². The first kappa shape index (κ1) is 31.3. The second-order valence-corrected chi connectivity index (χ2v) is 11.5. The van der Waals surface area contributed by atoms with E-state index in [9.17, 15) is 9.90 Å². The molecule has 1 N–H and O–H groups in total. The first-order valence-electron chi connectivity index (χ1n) is 15.6. The Labute approximate surface area is 252 Å². The fourth-order valence-corrected chi connectivity index (χ4v) is 5.78. The van der Waals surface area contributed by atoms with Crippen molar-refractivity contribution in [2.75, 3.05) is 13.2 Å². The van der Waals surface area contributed by atoms with Gasteiger partial charge in [0.2, 0.25) is 0 Å². The molecule has 0 aromatic heterocycles. The van der Waals surface area contributed by atoms with Crippen LogP contribution in [0.1, 0.15) is 66.5 Å². The molecule has 220 valence electrons. The highest BCUT2D eigenvalue weighted by Crippen LogP contribution is 2.31. The van der Waals surface area contributed by atoms with Gasteiger partial charge in [-0.1, -0.05) is 112 Å². The zero-order chi connectivity index (χ0) is 29.7. The summed E-state index contributed by atoms with van der Waals surface area (Å²) in [6, 6.07) is 31.4. The van der Waals surface area contributed by atoms with E-state index in [1.807, 2.05) is 0 Å². The third kappa shape index (κ3) is 8.66. The Hall–Kier alpha value is -3.69. The van der Waals surface area contributed by atoms with E-state index < -0.39 is 0 Å². The van der Waals surface area contributed by atoms with Crippen molar-refractivity contribution in [2.45, 2.75) is 72.1 Å². The Kier molecular flexibility index (Phi) is 12.0. The lowest BCUT2D eigenvalue weighted by molar-refractivity contribution is -0.130. The summed E-state index contributed by atoms with van der Waals surface area (Å²) in [7, 11) is 0. The summed E-state index contributed by atoms with van der Waals surface area (Å²) in [6.45, 7) is 7.44. The molecule has 0 saturated carbocycles. The van der Waals surface area contributed by atoms with Gasteiger partial charge in [-0.25, -0.2) is 0 Å². The molecule has 0 amide bonds. The Morgan fingerprint density at radius 2 is 1.36 bits per heavy atom. The van der Waals surface area contributed by atoms with Gasteiger partial charge in [0.1, 0.15) is 0 Å². The second kappa shape index (κ2) is 16.1. The smallest absolute Gasteiger partial charge is 0.293 e. The lowest BCUT2D eigenvalue weighted by Crippen LogP contribution is -2.16. The number of benzene rings is 4. The molecule has 0 fully saturated rings. The lowest BCUT2D eigenvalue weighted by Gasteiger charge is -2.14. The summed E-state index contributed by atoms with van der Waals surface area (Å²) in [4.78, 5) is 10.4. The van der Waals surface area contributed by atoms with E-state index in [1.54, 1.807) is 0 Å². The second-order valence-electron chi connectivity index (χ2n) is 11.5. The molecule has 4 rings (SSSR count). The molecule has 4 aromatic carbocycles.